The van der Waals surface area contributed by atoms with Gasteiger partial charge in [-0.05, 0) is 22.0 Å². The van der Waals surface area contributed by atoms with Gasteiger partial charge in [0.05, 0.1) is 15.1 Å². The summed E-state index contributed by atoms with van der Waals surface area (Å²) in [5, 5.41) is 9.57. The molecule has 1 rings (SSSR count). The largest absolute Gasteiger partial charge is 0.506 e. The topological polar surface area (TPSA) is 37.3 Å². The number of phenols is 1. The molecule has 16 heavy (non-hydrogen) atoms. The number of aromatic hydroxyl groups is 1. The molecule has 0 amide bonds. The lowest BCUT2D eigenvalue weighted by molar-refractivity contribution is 0.0850. The molecule has 0 saturated heterocycles. The van der Waals surface area contributed by atoms with Gasteiger partial charge < -0.3 is 5.11 Å². The Bertz CT molecular complexity index is 426. The molecule has 0 atom stereocenters. The molecule has 1 N–H and O–H groups in total. The van der Waals surface area contributed by atoms with Crippen LogP contribution < -0.4 is 0 Å². The van der Waals surface area contributed by atoms with Crippen molar-refractivity contribution in [2.45, 2.75) is 20.8 Å². The van der Waals surface area contributed by atoms with Crippen LogP contribution in [0.3, 0.4) is 0 Å². The standard InChI is InChI=1S/C11H11BrClFO2/c1-11(2,3)10(16)7-8(14)5(12)4-6(13)9(7)15/h4,15H,1-3H3. The fraction of sp³-hybridized carbons (Fsp3) is 0.364. The van der Waals surface area contributed by atoms with Gasteiger partial charge in [-0.25, -0.2) is 4.39 Å². The highest BCUT2D eigenvalue weighted by atomic mass is 79.9. The van der Waals surface area contributed by atoms with Crippen LogP contribution in [-0.2, 0) is 0 Å². The average molecular weight is 310 g/mol. The molecule has 0 aliphatic rings. The van der Waals surface area contributed by atoms with Crippen molar-refractivity contribution >= 4 is 33.3 Å². The molecule has 0 aromatic heterocycles. The third-order valence-corrected chi connectivity index (χ3v) is 2.92. The quantitative estimate of drug-likeness (QED) is 0.624. The van der Waals surface area contributed by atoms with Crippen LogP contribution in [0.4, 0.5) is 4.39 Å². The highest BCUT2D eigenvalue weighted by molar-refractivity contribution is 9.10. The first-order chi connectivity index (χ1) is 7.16. The number of benzene rings is 1. The fourth-order valence-electron chi connectivity index (χ4n) is 1.17. The van der Waals surface area contributed by atoms with Crippen molar-refractivity contribution in [3.63, 3.8) is 0 Å². The molecule has 0 bridgehead atoms. The van der Waals surface area contributed by atoms with Crippen molar-refractivity contribution in [2.24, 2.45) is 5.41 Å². The van der Waals surface area contributed by atoms with Crippen LogP contribution >= 0.6 is 27.5 Å². The van der Waals surface area contributed by atoms with E-state index in [1.165, 1.54) is 6.07 Å². The van der Waals surface area contributed by atoms with Crippen LogP contribution in [0.25, 0.3) is 0 Å². The summed E-state index contributed by atoms with van der Waals surface area (Å²) in [4.78, 5) is 11.9. The smallest absolute Gasteiger partial charge is 0.174 e. The van der Waals surface area contributed by atoms with E-state index >= 15 is 0 Å². The first-order valence-corrected chi connectivity index (χ1v) is 5.74. The number of hydrogen-bond acceptors (Lipinski definition) is 2. The molecule has 0 aliphatic heterocycles. The summed E-state index contributed by atoms with van der Waals surface area (Å²) in [6.07, 6.45) is 0. The van der Waals surface area contributed by atoms with Crippen LogP contribution in [0, 0.1) is 11.2 Å². The fourth-order valence-corrected chi connectivity index (χ4v) is 1.93. The number of Topliss-reactive ketones (excluding diaryl/α,β-unsaturated/α-hetero) is 1. The molecule has 1 aromatic rings. The van der Waals surface area contributed by atoms with Gasteiger partial charge in [0.25, 0.3) is 0 Å². The first kappa shape index (κ1) is 13.5. The number of halogens is 3. The summed E-state index contributed by atoms with van der Waals surface area (Å²) < 4.78 is 13.8. The van der Waals surface area contributed by atoms with Crippen molar-refractivity contribution in [1.82, 2.24) is 0 Å². The first-order valence-electron chi connectivity index (χ1n) is 4.57. The summed E-state index contributed by atoms with van der Waals surface area (Å²) >= 11 is 8.63. The monoisotopic (exact) mass is 308 g/mol. The van der Waals surface area contributed by atoms with Crippen LogP contribution in [0.1, 0.15) is 31.1 Å². The summed E-state index contributed by atoms with van der Waals surface area (Å²) in [5.74, 6) is -1.80. The molecule has 88 valence electrons. The maximum absolute atomic E-state index is 13.7. The van der Waals surface area contributed by atoms with Crippen molar-refractivity contribution in [3.8, 4) is 5.75 Å². The molecule has 2 nitrogen and oxygen atoms in total. The molecule has 0 radical (unpaired) electrons. The molecule has 0 fully saturated rings. The van der Waals surface area contributed by atoms with Gasteiger partial charge in [-0.15, -0.1) is 0 Å². The summed E-state index contributed by atoms with van der Waals surface area (Å²) in [5.41, 5.74) is -1.16. The zero-order chi connectivity index (χ0) is 12.7. The van der Waals surface area contributed by atoms with Gasteiger partial charge >= 0.3 is 0 Å². The Labute approximate surface area is 107 Å². The maximum Gasteiger partial charge on any atom is 0.174 e. The SMILES string of the molecule is CC(C)(C)C(=O)c1c(O)c(Cl)cc(Br)c1F. The number of phenolic OH excluding ortho intramolecular Hbond substituents is 1. The van der Waals surface area contributed by atoms with E-state index in [2.05, 4.69) is 15.9 Å². The Balaban J connectivity index is 3.50. The van der Waals surface area contributed by atoms with Crippen molar-refractivity contribution in [3.05, 3.63) is 26.9 Å². The van der Waals surface area contributed by atoms with E-state index in [9.17, 15) is 14.3 Å². The van der Waals surface area contributed by atoms with Crippen LogP contribution in [-0.4, -0.2) is 10.9 Å². The van der Waals surface area contributed by atoms with Gasteiger partial charge in [0.15, 0.2) is 11.6 Å². The molecular weight excluding hydrogens is 298 g/mol. The van der Waals surface area contributed by atoms with Gasteiger partial charge in [0.2, 0.25) is 0 Å². The minimum Gasteiger partial charge on any atom is -0.506 e. The molecule has 0 heterocycles. The zero-order valence-electron chi connectivity index (χ0n) is 9.07. The van der Waals surface area contributed by atoms with Crippen LogP contribution in [0.15, 0.2) is 10.5 Å². The third kappa shape index (κ3) is 2.38. The summed E-state index contributed by atoms with van der Waals surface area (Å²) in [6.45, 7) is 4.93. The van der Waals surface area contributed by atoms with E-state index in [0.717, 1.165) is 0 Å². The molecule has 0 unspecified atom stereocenters. The Morgan fingerprint density at radius 1 is 1.50 bits per heavy atom. The van der Waals surface area contributed by atoms with Crippen LogP contribution in [0.5, 0.6) is 5.75 Å². The highest BCUT2D eigenvalue weighted by Gasteiger charge is 2.30. The van der Waals surface area contributed by atoms with Crippen molar-refractivity contribution in [2.75, 3.05) is 0 Å². The lowest BCUT2D eigenvalue weighted by atomic mass is 9.86. The zero-order valence-corrected chi connectivity index (χ0v) is 11.4. The normalized spacial score (nSPS) is 11.6. The second kappa shape index (κ2) is 4.34. The van der Waals surface area contributed by atoms with E-state index in [1.807, 2.05) is 0 Å². The van der Waals surface area contributed by atoms with E-state index < -0.39 is 22.8 Å². The number of carbonyl (C=O) groups is 1. The van der Waals surface area contributed by atoms with E-state index in [1.54, 1.807) is 20.8 Å². The molecule has 0 aliphatic carbocycles. The summed E-state index contributed by atoms with van der Waals surface area (Å²) in [6, 6.07) is 1.21. The number of ketones is 1. The number of hydrogen-bond donors (Lipinski definition) is 1. The summed E-state index contributed by atoms with van der Waals surface area (Å²) in [7, 11) is 0. The van der Waals surface area contributed by atoms with Gasteiger partial charge in [0.1, 0.15) is 5.75 Å². The molecular formula is C11H11BrClFO2. The molecule has 1 aromatic carbocycles. The third-order valence-electron chi connectivity index (χ3n) is 2.05. The molecule has 5 heteroatoms. The number of carbonyl (C=O) groups excluding carboxylic acids is 1. The van der Waals surface area contributed by atoms with Gasteiger partial charge in [-0.2, -0.15) is 0 Å². The second-order valence-corrected chi connectivity index (χ2v) is 5.72. The van der Waals surface area contributed by atoms with Gasteiger partial charge in [-0.1, -0.05) is 32.4 Å². The predicted molar refractivity (Wildman–Crippen MR) is 64.6 cm³/mol. The molecule has 0 saturated carbocycles. The predicted octanol–water partition coefficient (Wildman–Crippen LogP) is 4.18. The second-order valence-electron chi connectivity index (χ2n) is 4.46. The minimum atomic E-state index is -0.790. The Morgan fingerprint density at radius 3 is 2.44 bits per heavy atom. The maximum atomic E-state index is 13.7. The van der Waals surface area contributed by atoms with Crippen molar-refractivity contribution in [1.29, 1.82) is 0 Å². The molecule has 0 spiro atoms. The van der Waals surface area contributed by atoms with E-state index in [-0.39, 0.29) is 15.1 Å². The van der Waals surface area contributed by atoms with Gasteiger partial charge in [-0.3, -0.25) is 4.79 Å². The lowest BCUT2D eigenvalue weighted by Crippen LogP contribution is -2.21. The Kier molecular flexibility index (Phi) is 3.65. The number of rotatable bonds is 1. The average Bonchev–Trinajstić information content (AvgIpc) is 2.13. The van der Waals surface area contributed by atoms with E-state index in [4.69, 9.17) is 11.6 Å². The minimum absolute atomic E-state index is 0.0547. The Hall–Kier alpha value is -0.610. The van der Waals surface area contributed by atoms with E-state index in [0.29, 0.717) is 0 Å². The highest BCUT2D eigenvalue weighted by Crippen LogP contribution is 2.37. The van der Waals surface area contributed by atoms with Gasteiger partial charge in [0, 0.05) is 5.41 Å². The van der Waals surface area contributed by atoms with Crippen LogP contribution in [0.2, 0.25) is 5.02 Å². The Morgan fingerprint density at radius 2 is 2.00 bits per heavy atom. The lowest BCUT2D eigenvalue weighted by Gasteiger charge is -2.18. The van der Waals surface area contributed by atoms with Crippen molar-refractivity contribution < 1.29 is 14.3 Å².